The van der Waals surface area contributed by atoms with Crippen LogP contribution in [0.5, 0.6) is 11.5 Å². The number of cyclic esters (lactones) is 1. The zero-order chi connectivity index (χ0) is 32.8. The molecule has 0 saturated heterocycles. The molecule has 0 spiro atoms. The first-order valence-electron chi connectivity index (χ1n) is 15.3. The average Bonchev–Trinajstić information content (AvgIpc) is 3.02. The lowest BCUT2D eigenvalue weighted by molar-refractivity contribution is -0.134. The van der Waals surface area contributed by atoms with Gasteiger partial charge in [-0.15, -0.1) is 0 Å². The summed E-state index contributed by atoms with van der Waals surface area (Å²) < 4.78 is 16.6. The summed E-state index contributed by atoms with van der Waals surface area (Å²) in [6, 6.07) is 14.1. The van der Waals surface area contributed by atoms with E-state index in [-0.39, 0.29) is 30.5 Å². The minimum absolute atomic E-state index is 0.0298. The van der Waals surface area contributed by atoms with Crippen LogP contribution in [0, 0.1) is 11.8 Å². The van der Waals surface area contributed by atoms with Crippen LogP contribution < -0.4 is 14.8 Å². The molecule has 1 N–H and O–H groups in total. The van der Waals surface area contributed by atoms with Crippen molar-refractivity contribution >= 4 is 29.9 Å². The Kier molecular flexibility index (Phi) is 13.8. The van der Waals surface area contributed by atoms with E-state index in [1.54, 1.807) is 38.3 Å². The number of aldehydes is 1. The molecule has 2 unspecified atom stereocenters. The first kappa shape index (κ1) is 35.0. The lowest BCUT2D eigenvalue weighted by Crippen LogP contribution is -2.43. The summed E-state index contributed by atoms with van der Waals surface area (Å²) in [5.74, 6) is -0.236. The number of allylic oxidation sites excluding steroid dienone is 2. The molecule has 0 aromatic heterocycles. The maximum absolute atomic E-state index is 13.8. The Bertz CT molecular complexity index is 1360. The molecule has 10 nitrogen and oxygen atoms in total. The van der Waals surface area contributed by atoms with E-state index >= 15 is 0 Å². The Balaban J connectivity index is 1.88. The van der Waals surface area contributed by atoms with Crippen LogP contribution in [0.1, 0.15) is 57.1 Å². The van der Waals surface area contributed by atoms with Crippen molar-refractivity contribution in [3.05, 3.63) is 71.8 Å². The molecule has 3 amide bonds. The molecule has 0 fully saturated rings. The van der Waals surface area contributed by atoms with E-state index in [2.05, 4.69) is 10.3 Å². The molecule has 2 aromatic rings. The first-order chi connectivity index (χ1) is 21.6. The fourth-order valence-corrected chi connectivity index (χ4v) is 5.25. The second kappa shape index (κ2) is 17.7. The maximum Gasteiger partial charge on any atom is 0.408 e. The molecular weight excluding hydrogens is 574 g/mol. The number of rotatable bonds is 10. The number of hydrogen-bond donors (Lipinski definition) is 1. The number of nitrogens with zero attached hydrogens (tertiary/aromatic N) is 2. The van der Waals surface area contributed by atoms with E-state index in [0.717, 1.165) is 11.1 Å². The summed E-state index contributed by atoms with van der Waals surface area (Å²) in [6.07, 6.45) is 5.50. The predicted molar refractivity (Wildman–Crippen MR) is 172 cm³/mol. The van der Waals surface area contributed by atoms with Crippen LogP contribution >= 0.6 is 0 Å². The van der Waals surface area contributed by atoms with Gasteiger partial charge in [0, 0.05) is 44.0 Å². The van der Waals surface area contributed by atoms with E-state index in [0.29, 0.717) is 49.9 Å². The topological polar surface area (TPSA) is 124 Å². The third-order valence-corrected chi connectivity index (χ3v) is 7.59. The molecule has 3 atom stereocenters. The number of amides is 3. The summed E-state index contributed by atoms with van der Waals surface area (Å²) in [5.41, 5.74) is 1.76. The molecular formula is C35H45N3O7. The summed E-state index contributed by atoms with van der Waals surface area (Å²) in [7, 11) is 4.81. The van der Waals surface area contributed by atoms with Gasteiger partial charge in [-0.2, -0.15) is 0 Å². The minimum Gasteiger partial charge on any atom is -0.497 e. The van der Waals surface area contributed by atoms with Gasteiger partial charge in [0.1, 0.15) is 23.6 Å². The number of aliphatic imine (C=N–C) groups is 1. The molecule has 45 heavy (non-hydrogen) atoms. The van der Waals surface area contributed by atoms with Crippen molar-refractivity contribution in [3.63, 3.8) is 0 Å². The number of nitrogens with one attached hydrogen (secondary N) is 1. The summed E-state index contributed by atoms with van der Waals surface area (Å²) >= 11 is 0. The molecule has 1 aliphatic heterocycles. The molecule has 2 aromatic carbocycles. The van der Waals surface area contributed by atoms with Gasteiger partial charge in [-0.1, -0.05) is 56.3 Å². The number of hydrogen-bond acceptors (Lipinski definition) is 7. The Hall–Kier alpha value is -4.47. The summed E-state index contributed by atoms with van der Waals surface area (Å²) in [4.78, 5) is 57.8. The van der Waals surface area contributed by atoms with Crippen molar-refractivity contribution in [1.29, 1.82) is 0 Å². The van der Waals surface area contributed by atoms with Gasteiger partial charge in [-0.3, -0.25) is 14.4 Å². The second-order valence-electron chi connectivity index (χ2n) is 11.7. The Morgan fingerprint density at radius 2 is 1.87 bits per heavy atom. The van der Waals surface area contributed by atoms with Gasteiger partial charge in [0.25, 0.3) is 5.91 Å². The number of carbonyl (C=O) groups is 4. The number of ether oxygens (including phenoxy) is 3. The summed E-state index contributed by atoms with van der Waals surface area (Å²) in [6.45, 7) is 4.11. The smallest absolute Gasteiger partial charge is 0.408 e. The van der Waals surface area contributed by atoms with Gasteiger partial charge in [-0.05, 0) is 49.3 Å². The Morgan fingerprint density at radius 3 is 2.53 bits per heavy atom. The van der Waals surface area contributed by atoms with E-state index < -0.39 is 30.1 Å². The third-order valence-electron chi connectivity index (χ3n) is 7.59. The quantitative estimate of drug-likeness (QED) is 0.282. The van der Waals surface area contributed by atoms with Crippen molar-refractivity contribution in [2.24, 2.45) is 16.8 Å². The molecule has 10 heteroatoms. The largest absolute Gasteiger partial charge is 0.497 e. The van der Waals surface area contributed by atoms with Crippen LogP contribution in [-0.4, -0.2) is 68.2 Å². The molecule has 0 bridgehead atoms. The van der Waals surface area contributed by atoms with Crippen molar-refractivity contribution in [1.82, 2.24) is 10.2 Å². The number of benzene rings is 2. The fourth-order valence-electron chi connectivity index (χ4n) is 5.25. The highest BCUT2D eigenvalue weighted by Crippen LogP contribution is 2.26. The average molecular weight is 620 g/mol. The van der Waals surface area contributed by atoms with E-state index in [1.165, 1.54) is 0 Å². The minimum atomic E-state index is -0.979. The number of carbonyl (C=O) groups excluding carboxylic acids is 4. The molecule has 242 valence electrons. The predicted octanol–water partition coefficient (Wildman–Crippen LogP) is 5.33. The zero-order valence-electron chi connectivity index (χ0n) is 26.9. The van der Waals surface area contributed by atoms with Crippen LogP contribution in [0.2, 0.25) is 0 Å². The lowest BCUT2D eigenvalue weighted by Gasteiger charge is -2.24. The van der Waals surface area contributed by atoms with E-state index in [9.17, 15) is 19.2 Å². The monoisotopic (exact) mass is 619 g/mol. The van der Waals surface area contributed by atoms with Crippen molar-refractivity contribution in [3.8, 4) is 11.5 Å². The lowest BCUT2D eigenvalue weighted by atomic mass is 9.95. The fraction of sp³-hybridized carbons (Fsp3) is 0.457. The Labute approximate surface area is 265 Å². The van der Waals surface area contributed by atoms with Gasteiger partial charge < -0.3 is 24.4 Å². The standard InChI is InChI=1S/C35H45N3O7/c1-24(2)18-31-33(40)36-28(23-39)20-26(34(41)38(3)22-27-16-17-29(43-4)21-32(27)44-5)14-10-7-11-15-30(45-35(42)37-31)19-25-12-8-6-9-13-25/h6-10,12-13,16-17,21,23-24,26,30-31H,11,14-15,18-20,22H2,1-5H3,(H,37,42)/b10-7+,36-28?/t26?,30?,31-/m0/s1. The summed E-state index contributed by atoms with van der Waals surface area (Å²) in [5, 5.41) is 2.68. The van der Waals surface area contributed by atoms with E-state index in [1.807, 2.05) is 62.4 Å². The van der Waals surface area contributed by atoms with E-state index in [4.69, 9.17) is 14.2 Å². The van der Waals surface area contributed by atoms with Crippen LogP contribution in [-0.2, 0) is 32.1 Å². The molecule has 0 aliphatic carbocycles. The molecule has 1 heterocycles. The highest BCUT2D eigenvalue weighted by Gasteiger charge is 2.28. The Morgan fingerprint density at radius 1 is 1.11 bits per heavy atom. The highest BCUT2D eigenvalue weighted by molar-refractivity contribution is 6.31. The molecule has 0 radical (unpaired) electrons. The van der Waals surface area contributed by atoms with Gasteiger partial charge in [0.05, 0.1) is 19.9 Å². The third kappa shape index (κ3) is 11.2. The zero-order valence-corrected chi connectivity index (χ0v) is 26.9. The molecule has 3 rings (SSSR count). The number of alkyl carbamates (subject to hydrolysis) is 1. The number of methoxy groups -OCH3 is 2. The van der Waals surface area contributed by atoms with Gasteiger partial charge in [0.2, 0.25) is 5.91 Å². The van der Waals surface area contributed by atoms with Crippen LogP contribution in [0.15, 0.2) is 65.7 Å². The first-order valence-corrected chi connectivity index (χ1v) is 15.3. The van der Waals surface area contributed by atoms with Gasteiger partial charge in [-0.25, -0.2) is 9.79 Å². The van der Waals surface area contributed by atoms with Crippen LogP contribution in [0.25, 0.3) is 0 Å². The second-order valence-corrected chi connectivity index (χ2v) is 11.7. The van der Waals surface area contributed by atoms with Crippen molar-refractivity contribution < 1.29 is 33.4 Å². The highest BCUT2D eigenvalue weighted by atomic mass is 16.6. The van der Waals surface area contributed by atoms with Gasteiger partial charge in [0.15, 0.2) is 6.29 Å². The van der Waals surface area contributed by atoms with Crippen molar-refractivity contribution in [2.75, 3.05) is 21.3 Å². The van der Waals surface area contributed by atoms with Crippen LogP contribution in [0.3, 0.4) is 0 Å². The normalized spacial score (nSPS) is 20.5. The van der Waals surface area contributed by atoms with Crippen LogP contribution in [0.4, 0.5) is 4.79 Å². The SMILES string of the molecule is COc1ccc(CN(C)C(=O)C2C/C=C/CCC(Cc3ccccc3)OC(=O)N[C@@H](CC(C)C)C(=O)N=C(C=O)C2)c(OC)c1. The molecule has 1 aliphatic rings. The van der Waals surface area contributed by atoms with Gasteiger partial charge >= 0.3 is 6.09 Å². The molecule has 0 saturated carbocycles. The van der Waals surface area contributed by atoms with Crippen molar-refractivity contribution in [2.45, 2.75) is 71.1 Å². The maximum atomic E-state index is 13.8.